The Morgan fingerprint density at radius 2 is 1.61 bits per heavy atom. The molecule has 0 unspecified atom stereocenters. The van der Waals surface area contributed by atoms with Gasteiger partial charge in [-0.25, -0.2) is 4.79 Å². The predicted octanol–water partition coefficient (Wildman–Crippen LogP) is 8.03. The van der Waals surface area contributed by atoms with Crippen LogP contribution in [0.2, 0.25) is 0 Å². The average Bonchev–Trinajstić information content (AvgIpc) is 3.33. The molecule has 3 heterocycles. The lowest BCUT2D eigenvalue weighted by Crippen LogP contribution is -2.61. The number of aliphatic hydroxyl groups excluding tert-OH is 1. The molecular weight excluding hydrogens is 997 g/mol. The number of cyclic esters (lactones) is 1. The van der Waals surface area contributed by atoms with Crippen LogP contribution in [0, 0.1) is 35.5 Å². The Balaban J connectivity index is 1.69. The van der Waals surface area contributed by atoms with Crippen LogP contribution in [0.25, 0.3) is 0 Å². The van der Waals surface area contributed by atoms with Crippen molar-refractivity contribution in [1.82, 2.24) is 4.90 Å². The molecule has 1 amide bonds. The number of carbonyl (C=O) groups excluding carboxylic acids is 5. The zero-order chi connectivity index (χ0) is 51.0. The molecule has 390 valence electrons. The predicted molar refractivity (Wildman–Crippen MR) is 272 cm³/mol. The molecule has 0 spiro atoms. The number of fused-ring (bicyclic) bond motifs is 3. The van der Waals surface area contributed by atoms with Crippen molar-refractivity contribution in [2.75, 3.05) is 38.9 Å². The number of methoxy groups -OCH3 is 3. The van der Waals surface area contributed by atoms with E-state index in [0.717, 1.165) is 35.7 Å². The lowest BCUT2D eigenvalue weighted by atomic mass is 9.78. The Hall–Kier alpha value is -2.64. The number of Topliss-reactive ketones (excluding diaryl/α,β-unsaturated/α-hetero) is 3. The number of ether oxygens (including phenoxy) is 6. The smallest absolute Gasteiger partial charge is 0.329 e. The number of carbonyl (C=O) groups is 5. The van der Waals surface area contributed by atoms with Gasteiger partial charge in [-0.3, -0.25) is 19.2 Å². The van der Waals surface area contributed by atoms with Crippen LogP contribution in [0.1, 0.15) is 132 Å². The summed E-state index contributed by atoms with van der Waals surface area (Å²) in [6, 6.07) is -1.13. The summed E-state index contributed by atoms with van der Waals surface area (Å²) in [7, 11) is 4.67. The number of hydrogen-bond acceptors (Lipinski definition) is 13. The van der Waals surface area contributed by atoms with Gasteiger partial charge in [-0.15, -0.1) is 0 Å². The van der Waals surface area contributed by atoms with Gasteiger partial charge in [-0.1, -0.05) is 93.7 Å². The van der Waals surface area contributed by atoms with E-state index < -0.39 is 77.8 Å². The summed E-state index contributed by atoms with van der Waals surface area (Å²) in [4.78, 5) is 72.3. The number of aliphatic hydroxyl groups is 2. The number of allylic oxidation sites excluding steroid dienone is 6. The SMILES string of the molecule is CO[C@H]1C[C@@H]2CC[C@@H](C)[C@@](O)(O2)C(=O)C(=O)N2CCCC[C@H]2C(=O)O[C@H]([C@@H](C)C[C@@H]2CC[C@@H](OCCCI)[C@H](OC)C2)CC(=O)[C@H](C)/C=C(\C)[C@@H](O)[C@@H](OC)C(=O)[C@H](C)C[C@H](C)/C=C/C=C/C=C/1C. The zero-order valence-electron chi connectivity index (χ0n) is 43.1. The highest BCUT2D eigenvalue weighted by Gasteiger charge is 2.53. The summed E-state index contributed by atoms with van der Waals surface area (Å²) in [5, 5.41) is 23.5. The maximum Gasteiger partial charge on any atom is 0.329 e. The molecule has 4 aliphatic rings. The van der Waals surface area contributed by atoms with E-state index in [-0.39, 0.29) is 60.9 Å². The van der Waals surface area contributed by atoms with E-state index in [1.54, 1.807) is 41.1 Å². The van der Waals surface area contributed by atoms with Crippen LogP contribution in [-0.4, -0.2) is 138 Å². The third-order valence-electron chi connectivity index (χ3n) is 15.1. The molecule has 15 atom stereocenters. The van der Waals surface area contributed by atoms with E-state index >= 15 is 0 Å². The lowest BCUT2D eigenvalue weighted by Gasteiger charge is -2.42. The number of esters is 1. The van der Waals surface area contributed by atoms with Gasteiger partial charge in [-0.05, 0) is 113 Å². The number of amides is 1. The average molecular weight is 1080 g/mol. The first-order valence-electron chi connectivity index (χ1n) is 25.5. The van der Waals surface area contributed by atoms with Gasteiger partial charge in [0.2, 0.25) is 5.79 Å². The fraction of sp³-hybridized carbons (Fsp3) is 0.759. The molecule has 2 saturated heterocycles. The molecule has 2 bridgehead atoms. The Morgan fingerprint density at radius 1 is 0.870 bits per heavy atom. The molecule has 4 rings (SSSR count). The minimum absolute atomic E-state index is 0.0166. The quantitative estimate of drug-likeness (QED) is 0.0536. The molecule has 1 saturated carbocycles. The van der Waals surface area contributed by atoms with Gasteiger partial charge in [-0.2, -0.15) is 0 Å². The molecular formula is C54H84INO13. The van der Waals surface area contributed by atoms with Gasteiger partial charge >= 0.3 is 5.97 Å². The van der Waals surface area contributed by atoms with Gasteiger partial charge in [0.15, 0.2) is 5.78 Å². The van der Waals surface area contributed by atoms with Crippen LogP contribution in [0.3, 0.4) is 0 Å². The highest BCUT2D eigenvalue weighted by atomic mass is 127. The summed E-state index contributed by atoms with van der Waals surface area (Å²) in [5.41, 5.74) is 1.29. The minimum atomic E-state index is -2.42. The van der Waals surface area contributed by atoms with Crippen molar-refractivity contribution in [3.05, 3.63) is 47.6 Å². The number of nitrogens with zero attached hydrogens (tertiary/aromatic N) is 1. The Labute approximate surface area is 425 Å². The molecule has 0 radical (unpaired) electrons. The summed E-state index contributed by atoms with van der Waals surface area (Å²) < 4.78 is 37.1. The molecule has 0 aromatic heterocycles. The largest absolute Gasteiger partial charge is 0.460 e. The molecule has 0 aromatic rings. The van der Waals surface area contributed by atoms with Crippen molar-refractivity contribution in [2.24, 2.45) is 35.5 Å². The summed E-state index contributed by atoms with van der Waals surface area (Å²) in [5.74, 6) is -7.71. The molecule has 1 aliphatic carbocycles. The second kappa shape index (κ2) is 28.6. The van der Waals surface area contributed by atoms with Crippen molar-refractivity contribution >= 4 is 51.8 Å². The van der Waals surface area contributed by atoms with Gasteiger partial charge in [0, 0.05) is 69.5 Å². The highest BCUT2D eigenvalue weighted by molar-refractivity contribution is 14.1. The molecule has 2 N–H and O–H groups in total. The van der Waals surface area contributed by atoms with Crippen LogP contribution < -0.4 is 0 Å². The Bertz CT molecular complexity index is 1830. The van der Waals surface area contributed by atoms with Crippen LogP contribution >= 0.6 is 22.6 Å². The van der Waals surface area contributed by atoms with Gasteiger partial charge in [0.25, 0.3) is 11.7 Å². The van der Waals surface area contributed by atoms with E-state index in [9.17, 15) is 34.2 Å². The fourth-order valence-corrected chi connectivity index (χ4v) is 10.9. The highest BCUT2D eigenvalue weighted by Crippen LogP contribution is 2.38. The van der Waals surface area contributed by atoms with Crippen molar-refractivity contribution in [3.8, 4) is 0 Å². The zero-order valence-corrected chi connectivity index (χ0v) is 45.2. The molecule has 3 aliphatic heterocycles. The van der Waals surface area contributed by atoms with E-state index in [2.05, 4.69) is 22.6 Å². The summed E-state index contributed by atoms with van der Waals surface area (Å²) in [6.07, 6.45) is 13.8. The topological polar surface area (TPSA) is 184 Å². The number of alkyl halides is 1. The van der Waals surface area contributed by atoms with Crippen LogP contribution in [-0.2, 0) is 52.4 Å². The first-order valence-corrected chi connectivity index (χ1v) is 27.0. The van der Waals surface area contributed by atoms with Gasteiger partial charge < -0.3 is 43.5 Å². The standard InChI is InChI=1S/C54H84INO13/c1-33-17-12-11-13-18-34(2)45(64-8)31-41-22-20-39(7)54(63,69-41)51(60)52(61)56-25-15-14-19-42(56)53(62)68-46(36(4)29-40-21-23-44(47(30-40)65-9)67-26-16-24-55)32-43(57)35(3)28-38(6)49(59)50(66-10)48(58)37(5)27-33/h11-13,17-18,28,33,35-37,39-42,44-47,49-50,59,63H,14-16,19-27,29-32H2,1-10H3/b13-11+,17-12+,34-18+,38-28+/t33-,35-,36+,37-,39-,40+,41+,42+,44-,45+,46+,47-,49-,50+,54-/m1/s1. The van der Waals surface area contributed by atoms with Crippen molar-refractivity contribution in [2.45, 2.75) is 186 Å². The van der Waals surface area contributed by atoms with E-state index in [1.807, 2.05) is 58.1 Å². The summed E-state index contributed by atoms with van der Waals surface area (Å²) in [6.45, 7) is 13.6. The number of piperidine rings is 1. The maximum absolute atomic E-state index is 14.5. The second-order valence-corrected chi connectivity index (χ2v) is 21.6. The van der Waals surface area contributed by atoms with Gasteiger partial charge in [0.1, 0.15) is 30.1 Å². The normalized spacial score (nSPS) is 38.8. The van der Waals surface area contributed by atoms with E-state index in [4.69, 9.17) is 28.4 Å². The first-order chi connectivity index (χ1) is 32.8. The Kier molecular flexibility index (Phi) is 24.4. The number of rotatable bonds is 10. The minimum Gasteiger partial charge on any atom is -0.460 e. The molecule has 15 heteroatoms. The van der Waals surface area contributed by atoms with Crippen LogP contribution in [0.5, 0.6) is 0 Å². The van der Waals surface area contributed by atoms with Crippen molar-refractivity contribution in [3.63, 3.8) is 0 Å². The number of ketones is 3. The molecule has 69 heavy (non-hydrogen) atoms. The number of hydrogen-bond donors (Lipinski definition) is 2. The van der Waals surface area contributed by atoms with E-state index in [1.165, 1.54) is 12.0 Å². The molecule has 3 fully saturated rings. The van der Waals surface area contributed by atoms with Crippen LogP contribution in [0.4, 0.5) is 0 Å². The fourth-order valence-electron chi connectivity index (χ4n) is 10.6. The van der Waals surface area contributed by atoms with E-state index in [0.29, 0.717) is 57.1 Å². The van der Waals surface area contributed by atoms with Crippen molar-refractivity contribution in [1.29, 1.82) is 0 Å². The van der Waals surface area contributed by atoms with Gasteiger partial charge in [0.05, 0.1) is 24.4 Å². The maximum atomic E-state index is 14.5. The monoisotopic (exact) mass is 1080 g/mol. The Morgan fingerprint density at radius 3 is 2.29 bits per heavy atom. The lowest BCUT2D eigenvalue weighted by molar-refractivity contribution is -0.265. The summed E-state index contributed by atoms with van der Waals surface area (Å²) >= 11 is 2.34. The third-order valence-corrected chi connectivity index (χ3v) is 15.8. The van der Waals surface area contributed by atoms with Crippen molar-refractivity contribution < 1.29 is 62.6 Å². The number of halogens is 1. The molecule has 14 nitrogen and oxygen atoms in total. The first kappa shape index (κ1) is 58.9. The second-order valence-electron chi connectivity index (χ2n) is 20.5. The molecule has 0 aromatic carbocycles. The van der Waals surface area contributed by atoms with Crippen LogP contribution in [0.15, 0.2) is 47.6 Å². The third kappa shape index (κ3) is 16.4.